The molecule has 0 aliphatic carbocycles. The van der Waals surface area contributed by atoms with E-state index in [2.05, 4.69) is 27.8 Å². The molecular formula is C11H20N4. The molecule has 3 N–H and O–H groups in total. The minimum atomic E-state index is 0.565. The van der Waals surface area contributed by atoms with E-state index in [1.165, 1.54) is 31.4 Å². The van der Waals surface area contributed by atoms with Crippen LogP contribution in [0.4, 0.5) is 0 Å². The summed E-state index contributed by atoms with van der Waals surface area (Å²) in [5.74, 6) is 0. The van der Waals surface area contributed by atoms with Gasteiger partial charge in [0.05, 0.1) is 6.20 Å². The number of nitrogens with zero attached hydrogens (tertiary/aromatic N) is 1. The third-order valence-corrected chi connectivity index (χ3v) is 3.01. The minimum absolute atomic E-state index is 0.565. The van der Waals surface area contributed by atoms with Crippen LogP contribution >= 0.6 is 0 Å². The Hall–Kier alpha value is -0.870. The molecule has 1 aromatic rings. The van der Waals surface area contributed by atoms with Crippen LogP contribution in [0.3, 0.4) is 0 Å². The van der Waals surface area contributed by atoms with Crippen molar-refractivity contribution in [3.05, 3.63) is 18.0 Å². The number of rotatable bonds is 5. The lowest BCUT2D eigenvalue weighted by molar-refractivity contribution is 0.440. The number of H-pyrrole nitrogens is 1. The fourth-order valence-corrected chi connectivity index (χ4v) is 2.13. The third kappa shape index (κ3) is 3.32. The first-order chi connectivity index (χ1) is 7.34. The second-order valence-corrected chi connectivity index (χ2v) is 4.42. The maximum atomic E-state index is 3.93. The Labute approximate surface area is 90.8 Å². The molecular weight excluding hydrogens is 188 g/mol. The average molecular weight is 208 g/mol. The van der Waals surface area contributed by atoms with E-state index in [9.17, 15) is 0 Å². The normalized spacial score (nSPS) is 23.1. The molecule has 4 nitrogen and oxygen atoms in total. The number of aromatic nitrogens is 2. The highest BCUT2D eigenvalue weighted by molar-refractivity contribution is 5.01. The van der Waals surface area contributed by atoms with Gasteiger partial charge in [-0.15, -0.1) is 0 Å². The second-order valence-electron chi connectivity index (χ2n) is 4.42. The molecule has 1 aromatic heterocycles. The van der Waals surface area contributed by atoms with Gasteiger partial charge in [-0.1, -0.05) is 0 Å². The summed E-state index contributed by atoms with van der Waals surface area (Å²) < 4.78 is 0. The van der Waals surface area contributed by atoms with Gasteiger partial charge in [0.15, 0.2) is 0 Å². The smallest absolute Gasteiger partial charge is 0.0532 e. The topological polar surface area (TPSA) is 52.7 Å². The average Bonchev–Trinajstić information content (AvgIpc) is 2.86. The summed E-state index contributed by atoms with van der Waals surface area (Å²) >= 11 is 0. The number of hydrogen-bond donors (Lipinski definition) is 3. The zero-order chi connectivity index (χ0) is 10.5. The van der Waals surface area contributed by atoms with Gasteiger partial charge in [0.1, 0.15) is 0 Å². The highest BCUT2D eigenvalue weighted by Gasteiger charge is 2.16. The molecule has 15 heavy (non-hydrogen) atoms. The van der Waals surface area contributed by atoms with Gasteiger partial charge in [-0.05, 0) is 32.7 Å². The van der Waals surface area contributed by atoms with E-state index in [0.29, 0.717) is 6.04 Å². The van der Waals surface area contributed by atoms with Crippen LogP contribution in [0.15, 0.2) is 12.4 Å². The predicted octanol–water partition coefficient (Wildman–Crippen LogP) is 1.03. The van der Waals surface area contributed by atoms with Crippen molar-refractivity contribution in [2.45, 2.75) is 44.8 Å². The monoisotopic (exact) mass is 208 g/mol. The highest BCUT2D eigenvalue weighted by Crippen LogP contribution is 2.11. The number of nitrogens with one attached hydrogen (secondary N) is 3. The van der Waals surface area contributed by atoms with Gasteiger partial charge in [0.25, 0.3) is 0 Å². The Morgan fingerprint density at radius 1 is 1.67 bits per heavy atom. The summed E-state index contributed by atoms with van der Waals surface area (Å²) in [6, 6.07) is 1.28. The first-order valence-electron chi connectivity index (χ1n) is 5.79. The number of hydrogen-bond acceptors (Lipinski definition) is 3. The summed E-state index contributed by atoms with van der Waals surface area (Å²) in [4.78, 5) is 0. The molecule has 0 spiro atoms. The molecule has 2 atom stereocenters. The van der Waals surface area contributed by atoms with Gasteiger partial charge in [-0.3, -0.25) is 5.10 Å². The van der Waals surface area contributed by atoms with Gasteiger partial charge in [-0.2, -0.15) is 5.10 Å². The van der Waals surface area contributed by atoms with Gasteiger partial charge < -0.3 is 10.6 Å². The quantitative estimate of drug-likeness (QED) is 0.677. The van der Waals surface area contributed by atoms with Gasteiger partial charge in [-0.25, -0.2) is 0 Å². The van der Waals surface area contributed by atoms with Gasteiger partial charge in [0.2, 0.25) is 0 Å². The highest BCUT2D eigenvalue weighted by atomic mass is 15.1. The Morgan fingerprint density at radius 2 is 2.60 bits per heavy atom. The Balaban J connectivity index is 1.66. The first kappa shape index (κ1) is 10.6. The summed E-state index contributed by atoms with van der Waals surface area (Å²) in [5.41, 5.74) is 1.22. The summed E-state index contributed by atoms with van der Waals surface area (Å²) in [5, 5.41) is 13.8. The Kier molecular flexibility index (Phi) is 3.75. The molecule has 2 rings (SSSR count). The van der Waals surface area contributed by atoms with Crippen LogP contribution in [0.5, 0.6) is 0 Å². The van der Waals surface area contributed by atoms with Crippen molar-refractivity contribution in [3.63, 3.8) is 0 Å². The second kappa shape index (κ2) is 5.28. The van der Waals surface area contributed by atoms with Crippen LogP contribution in [0.25, 0.3) is 0 Å². The SMILES string of the molecule is CC(CC1CCCN1)NCc1cn[nH]c1. The molecule has 0 aromatic carbocycles. The van der Waals surface area contributed by atoms with E-state index < -0.39 is 0 Å². The van der Waals surface area contributed by atoms with E-state index >= 15 is 0 Å². The summed E-state index contributed by atoms with van der Waals surface area (Å²) in [6.07, 6.45) is 7.69. The van der Waals surface area contributed by atoms with Crippen LogP contribution in [0.2, 0.25) is 0 Å². The molecule has 1 fully saturated rings. The van der Waals surface area contributed by atoms with E-state index in [1.54, 1.807) is 0 Å². The fraction of sp³-hybridized carbons (Fsp3) is 0.727. The molecule has 1 saturated heterocycles. The van der Waals surface area contributed by atoms with Crippen LogP contribution in [0.1, 0.15) is 31.7 Å². The molecule has 4 heteroatoms. The van der Waals surface area contributed by atoms with Crippen molar-refractivity contribution in [3.8, 4) is 0 Å². The van der Waals surface area contributed by atoms with E-state index in [4.69, 9.17) is 0 Å². The lowest BCUT2D eigenvalue weighted by atomic mass is 10.1. The Bertz CT molecular complexity index is 264. The number of aromatic amines is 1. The minimum Gasteiger partial charge on any atom is -0.314 e. The van der Waals surface area contributed by atoms with E-state index in [1.807, 2.05) is 12.4 Å². The zero-order valence-corrected chi connectivity index (χ0v) is 9.29. The summed E-state index contributed by atoms with van der Waals surface area (Å²) in [6.45, 7) is 4.35. The van der Waals surface area contributed by atoms with Crippen LogP contribution in [-0.4, -0.2) is 28.8 Å². The van der Waals surface area contributed by atoms with Crippen molar-refractivity contribution < 1.29 is 0 Å². The first-order valence-corrected chi connectivity index (χ1v) is 5.79. The predicted molar refractivity (Wildman–Crippen MR) is 60.5 cm³/mol. The van der Waals surface area contributed by atoms with Crippen molar-refractivity contribution in [2.24, 2.45) is 0 Å². The van der Waals surface area contributed by atoms with Crippen LogP contribution < -0.4 is 10.6 Å². The largest absolute Gasteiger partial charge is 0.314 e. The van der Waals surface area contributed by atoms with Crippen molar-refractivity contribution in [1.82, 2.24) is 20.8 Å². The van der Waals surface area contributed by atoms with E-state index in [0.717, 1.165) is 12.6 Å². The lowest BCUT2D eigenvalue weighted by Gasteiger charge is -2.17. The molecule has 0 amide bonds. The Morgan fingerprint density at radius 3 is 3.27 bits per heavy atom. The van der Waals surface area contributed by atoms with Crippen LogP contribution in [0, 0.1) is 0 Å². The maximum Gasteiger partial charge on any atom is 0.0532 e. The molecule has 2 heterocycles. The molecule has 0 bridgehead atoms. The van der Waals surface area contributed by atoms with E-state index in [-0.39, 0.29) is 0 Å². The van der Waals surface area contributed by atoms with Crippen molar-refractivity contribution in [1.29, 1.82) is 0 Å². The molecule has 0 radical (unpaired) electrons. The fourth-order valence-electron chi connectivity index (χ4n) is 2.13. The lowest BCUT2D eigenvalue weighted by Crippen LogP contribution is -2.33. The maximum absolute atomic E-state index is 3.93. The molecule has 2 unspecified atom stereocenters. The zero-order valence-electron chi connectivity index (χ0n) is 9.29. The van der Waals surface area contributed by atoms with Crippen molar-refractivity contribution in [2.75, 3.05) is 6.54 Å². The standard InChI is InChI=1S/C11H20N4/c1-9(5-11-3-2-4-12-11)13-6-10-7-14-15-8-10/h7-9,11-13H,2-6H2,1H3,(H,14,15). The van der Waals surface area contributed by atoms with Crippen molar-refractivity contribution >= 4 is 0 Å². The molecule has 84 valence electrons. The van der Waals surface area contributed by atoms with Gasteiger partial charge in [0, 0.05) is 30.4 Å². The third-order valence-electron chi connectivity index (χ3n) is 3.01. The van der Waals surface area contributed by atoms with Crippen LogP contribution in [-0.2, 0) is 6.54 Å². The molecule has 0 saturated carbocycles. The van der Waals surface area contributed by atoms with Gasteiger partial charge >= 0.3 is 0 Å². The summed E-state index contributed by atoms with van der Waals surface area (Å²) in [7, 11) is 0. The molecule has 1 aliphatic heterocycles. The molecule has 1 aliphatic rings.